The molecule has 0 radical (unpaired) electrons. The van der Waals surface area contributed by atoms with Crippen LogP contribution in [0.5, 0.6) is 0 Å². The molecule has 0 saturated carbocycles. The molecule has 0 unspecified atom stereocenters. The first kappa shape index (κ1) is 15.3. The van der Waals surface area contributed by atoms with Gasteiger partial charge in [-0.15, -0.1) is 0 Å². The summed E-state index contributed by atoms with van der Waals surface area (Å²) in [5.74, 6) is 0.145. The van der Waals surface area contributed by atoms with Crippen LogP contribution in [0.15, 0.2) is 35.7 Å². The minimum absolute atomic E-state index is 0.145. The number of hydrogen-bond acceptors (Lipinski definition) is 6. The Balaban J connectivity index is 1.52. The highest BCUT2D eigenvalue weighted by molar-refractivity contribution is 7.90. The Morgan fingerprint density at radius 2 is 2.25 bits per heavy atom. The molecule has 1 N–H and O–H groups in total. The molecule has 126 valence electrons. The number of likely N-dealkylation sites (tertiary alicyclic amines) is 1. The molecule has 0 bridgehead atoms. The zero-order chi connectivity index (χ0) is 16.7. The average Bonchev–Trinajstić information content (AvgIpc) is 3.25. The quantitative estimate of drug-likeness (QED) is 0.752. The van der Waals surface area contributed by atoms with E-state index in [1.165, 1.54) is 12.5 Å². The molecule has 1 atom stereocenters. The third-order valence-electron chi connectivity index (χ3n) is 4.46. The Morgan fingerprint density at radius 1 is 1.38 bits per heavy atom. The van der Waals surface area contributed by atoms with E-state index in [0.717, 1.165) is 43.0 Å². The van der Waals surface area contributed by atoms with Crippen LogP contribution in [-0.4, -0.2) is 57.5 Å². The standard InChI is InChI=1S/C15H18N6O2S/c1-24(22,23)13-8-17-19-14(13)11-3-6-20(9-11)10-12-7-18-21-5-2-4-16-15(12)21/h2,4-5,7-8,11H,3,6,9-10H2,1H3,(H,17,19)/t11-/m0/s1. The number of hydrogen-bond donors (Lipinski definition) is 1. The molecule has 1 saturated heterocycles. The fourth-order valence-electron chi connectivity index (χ4n) is 3.31. The summed E-state index contributed by atoms with van der Waals surface area (Å²) in [6, 6.07) is 1.85. The van der Waals surface area contributed by atoms with Crippen molar-refractivity contribution in [2.75, 3.05) is 19.3 Å². The summed E-state index contributed by atoms with van der Waals surface area (Å²) in [5, 5.41) is 11.1. The van der Waals surface area contributed by atoms with Crippen LogP contribution in [0.1, 0.15) is 23.6 Å². The second-order valence-electron chi connectivity index (χ2n) is 6.20. The third kappa shape index (κ3) is 2.69. The molecule has 1 fully saturated rings. The highest BCUT2D eigenvalue weighted by Gasteiger charge is 2.30. The van der Waals surface area contributed by atoms with Crippen LogP contribution in [0, 0.1) is 0 Å². The molecule has 9 heteroatoms. The van der Waals surface area contributed by atoms with Gasteiger partial charge in [-0.2, -0.15) is 10.2 Å². The molecular formula is C15H18N6O2S. The van der Waals surface area contributed by atoms with E-state index in [9.17, 15) is 8.42 Å². The van der Waals surface area contributed by atoms with E-state index in [1.807, 2.05) is 18.5 Å². The van der Waals surface area contributed by atoms with Gasteiger partial charge in [0.15, 0.2) is 15.5 Å². The second kappa shape index (κ2) is 5.67. The van der Waals surface area contributed by atoms with Gasteiger partial charge in [0.1, 0.15) is 4.90 Å². The van der Waals surface area contributed by atoms with Gasteiger partial charge in [0, 0.05) is 43.2 Å². The zero-order valence-electron chi connectivity index (χ0n) is 13.3. The lowest BCUT2D eigenvalue weighted by Crippen LogP contribution is -2.20. The van der Waals surface area contributed by atoms with Gasteiger partial charge in [-0.05, 0) is 19.0 Å². The van der Waals surface area contributed by atoms with Crippen molar-refractivity contribution in [3.63, 3.8) is 0 Å². The largest absolute Gasteiger partial charge is 0.298 e. The third-order valence-corrected chi connectivity index (χ3v) is 5.58. The maximum atomic E-state index is 11.9. The van der Waals surface area contributed by atoms with Gasteiger partial charge in [-0.25, -0.2) is 17.9 Å². The Kier molecular flexibility index (Phi) is 3.61. The van der Waals surface area contributed by atoms with Crippen LogP contribution >= 0.6 is 0 Å². The van der Waals surface area contributed by atoms with Crippen LogP contribution < -0.4 is 0 Å². The fourth-order valence-corrected chi connectivity index (χ4v) is 4.17. The molecule has 4 heterocycles. The van der Waals surface area contributed by atoms with E-state index in [4.69, 9.17) is 0 Å². The summed E-state index contributed by atoms with van der Waals surface area (Å²) >= 11 is 0. The van der Waals surface area contributed by atoms with Crippen LogP contribution in [0.3, 0.4) is 0 Å². The Labute approximate surface area is 139 Å². The number of nitrogens with zero attached hydrogens (tertiary/aromatic N) is 5. The van der Waals surface area contributed by atoms with Crippen LogP contribution in [0.4, 0.5) is 0 Å². The molecule has 8 nitrogen and oxygen atoms in total. The first-order valence-electron chi connectivity index (χ1n) is 7.75. The van der Waals surface area contributed by atoms with Gasteiger partial charge in [-0.1, -0.05) is 0 Å². The predicted octanol–water partition coefficient (Wildman–Crippen LogP) is 0.845. The van der Waals surface area contributed by atoms with Crippen molar-refractivity contribution in [2.24, 2.45) is 0 Å². The van der Waals surface area contributed by atoms with Gasteiger partial charge in [-0.3, -0.25) is 10.00 Å². The molecule has 3 aromatic heterocycles. The van der Waals surface area contributed by atoms with E-state index in [2.05, 4.69) is 25.2 Å². The molecule has 0 amide bonds. The molecule has 0 spiro atoms. The van der Waals surface area contributed by atoms with Crippen molar-refractivity contribution >= 4 is 15.5 Å². The van der Waals surface area contributed by atoms with Gasteiger partial charge in [0.25, 0.3) is 0 Å². The minimum atomic E-state index is -3.26. The van der Waals surface area contributed by atoms with Crippen LogP contribution in [-0.2, 0) is 16.4 Å². The summed E-state index contributed by atoms with van der Waals surface area (Å²) in [7, 11) is -3.26. The Morgan fingerprint density at radius 3 is 3.08 bits per heavy atom. The Bertz CT molecular complexity index is 977. The number of rotatable bonds is 4. The lowest BCUT2D eigenvalue weighted by Gasteiger charge is -2.15. The number of H-pyrrole nitrogens is 1. The number of aromatic amines is 1. The van der Waals surface area contributed by atoms with Crippen molar-refractivity contribution < 1.29 is 8.42 Å². The van der Waals surface area contributed by atoms with Crippen LogP contribution in [0.2, 0.25) is 0 Å². The number of aromatic nitrogens is 5. The number of sulfone groups is 1. The SMILES string of the molecule is CS(=O)(=O)c1cn[nH]c1[C@H]1CCN(Cc2cnn3cccnc23)C1. The summed E-state index contributed by atoms with van der Waals surface area (Å²) < 4.78 is 25.5. The highest BCUT2D eigenvalue weighted by Crippen LogP contribution is 2.31. The van der Waals surface area contributed by atoms with Crippen molar-refractivity contribution in [1.82, 2.24) is 29.7 Å². The minimum Gasteiger partial charge on any atom is -0.298 e. The molecule has 1 aliphatic heterocycles. The van der Waals surface area contributed by atoms with Crippen molar-refractivity contribution in [3.8, 4) is 0 Å². The van der Waals surface area contributed by atoms with Crippen LogP contribution in [0.25, 0.3) is 5.65 Å². The molecule has 1 aliphatic rings. The van der Waals surface area contributed by atoms with Crippen molar-refractivity contribution in [2.45, 2.75) is 23.8 Å². The van der Waals surface area contributed by atoms with Gasteiger partial charge in [0.05, 0.1) is 18.1 Å². The summed E-state index contributed by atoms with van der Waals surface area (Å²) in [6.07, 6.45) is 9.00. The van der Waals surface area contributed by atoms with E-state index < -0.39 is 9.84 Å². The lowest BCUT2D eigenvalue weighted by atomic mass is 10.1. The predicted molar refractivity (Wildman–Crippen MR) is 87.3 cm³/mol. The summed E-state index contributed by atoms with van der Waals surface area (Å²) in [5.41, 5.74) is 2.65. The van der Waals surface area contributed by atoms with Crippen molar-refractivity contribution in [3.05, 3.63) is 42.1 Å². The first-order valence-corrected chi connectivity index (χ1v) is 9.64. The van der Waals surface area contributed by atoms with E-state index in [0.29, 0.717) is 4.90 Å². The van der Waals surface area contributed by atoms with E-state index >= 15 is 0 Å². The molecule has 24 heavy (non-hydrogen) atoms. The van der Waals surface area contributed by atoms with Crippen molar-refractivity contribution in [1.29, 1.82) is 0 Å². The topological polar surface area (TPSA) is 96.2 Å². The lowest BCUT2D eigenvalue weighted by molar-refractivity contribution is 0.327. The second-order valence-corrected chi connectivity index (χ2v) is 8.18. The maximum absolute atomic E-state index is 11.9. The van der Waals surface area contributed by atoms with E-state index in [-0.39, 0.29) is 5.92 Å². The molecular weight excluding hydrogens is 328 g/mol. The van der Waals surface area contributed by atoms with Gasteiger partial charge < -0.3 is 0 Å². The number of nitrogens with one attached hydrogen (secondary N) is 1. The summed E-state index contributed by atoms with van der Waals surface area (Å²) in [6.45, 7) is 2.44. The molecule has 0 aromatic carbocycles. The fraction of sp³-hybridized carbons (Fsp3) is 0.400. The maximum Gasteiger partial charge on any atom is 0.178 e. The Hall–Kier alpha value is -2.26. The number of fused-ring (bicyclic) bond motifs is 1. The van der Waals surface area contributed by atoms with Gasteiger partial charge >= 0.3 is 0 Å². The van der Waals surface area contributed by atoms with Gasteiger partial charge in [0.2, 0.25) is 0 Å². The normalized spacial score (nSPS) is 19.3. The van der Waals surface area contributed by atoms with E-state index in [1.54, 1.807) is 10.7 Å². The molecule has 4 rings (SSSR count). The first-order chi connectivity index (χ1) is 11.5. The highest BCUT2D eigenvalue weighted by atomic mass is 32.2. The summed E-state index contributed by atoms with van der Waals surface area (Å²) in [4.78, 5) is 6.98. The monoisotopic (exact) mass is 346 g/mol. The smallest absolute Gasteiger partial charge is 0.178 e. The molecule has 0 aliphatic carbocycles. The zero-order valence-corrected chi connectivity index (χ0v) is 14.1. The molecule has 3 aromatic rings. The average molecular weight is 346 g/mol.